The molecule has 0 saturated heterocycles. The van der Waals surface area contributed by atoms with E-state index >= 15 is 0 Å². The molecule has 0 aromatic heterocycles. The van der Waals surface area contributed by atoms with Crippen molar-refractivity contribution < 1.29 is 0 Å². The SMILES string of the molecule is CC(=Pc1c(C(C)(C)C)cc(C(C)(C)C)cc1C(C)(C)C)C(=Nc1c(C(C)C)cccc1C(C)C)c1ccccc1. The molecule has 0 spiro atoms. The number of para-hydroxylation sites is 1. The second-order valence-corrected chi connectivity index (χ2v) is 16.6. The molecule has 220 valence electrons. The van der Waals surface area contributed by atoms with Crippen LogP contribution in [0, 0.1) is 0 Å². The van der Waals surface area contributed by atoms with E-state index in [9.17, 15) is 0 Å². The summed E-state index contributed by atoms with van der Waals surface area (Å²) in [5.41, 5.74) is 10.4. The molecule has 0 unspecified atom stereocenters. The minimum absolute atomic E-state index is 0.0168. The number of hydrogen-bond acceptors (Lipinski definition) is 1. The summed E-state index contributed by atoms with van der Waals surface area (Å²) in [6.07, 6.45) is 0. The molecule has 0 heterocycles. The molecule has 3 rings (SSSR count). The number of rotatable bonds is 6. The van der Waals surface area contributed by atoms with Crippen molar-refractivity contribution in [3.63, 3.8) is 0 Å². The van der Waals surface area contributed by atoms with Gasteiger partial charge in [-0.2, -0.15) is 0 Å². The average Bonchev–Trinajstić information content (AvgIpc) is 2.85. The zero-order valence-electron chi connectivity index (χ0n) is 28.3. The Hall–Kier alpha value is -2.50. The van der Waals surface area contributed by atoms with Gasteiger partial charge in [0.25, 0.3) is 0 Å². The zero-order chi connectivity index (χ0) is 30.9. The van der Waals surface area contributed by atoms with Gasteiger partial charge >= 0.3 is 0 Å². The summed E-state index contributed by atoms with van der Waals surface area (Å²) in [5, 5.41) is 2.71. The lowest BCUT2D eigenvalue weighted by atomic mass is 9.75. The van der Waals surface area contributed by atoms with Crippen LogP contribution in [0.5, 0.6) is 0 Å². The van der Waals surface area contributed by atoms with E-state index in [1.165, 1.54) is 52.2 Å². The second kappa shape index (κ2) is 12.4. The fourth-order valence-electron chi connectivity index (χ4n) is 5.26. The van der Waals surface area contributed by atoms with Gasteiger partial charge < -0.3 is 0 Å². The Bertz CT molecular complexity index is 1350. The van der Waals surface area contributed by atoms with Crippen LogP contribution in [0.15, 0.2) is 65.7 Å². The van der Waals surface area contributed by atoms with E-state index in [-0.39, 0.29) is 16.2 Å². The Morgan fingerprint density at radius 2 is 1.10 bits per heavy atom. The van der Waals surface area contributed by atoms with E-state index in [2.05, 4.69) is 158 Å². The molecular formula is C39H54NP. The summed E-state index contributed by atoms with van der Waals surface area (Å²) in [5.74, 6) is 0.791. The second-order valence-electron chi connectivity index (χ2n) is 15.3. The van der Waals surface area contributed by atoms with Crippen molar-refractivity contribution >= 4 is 30.2 Å². The lowest BCUT2D eigenvalue weighted by Gasteiger charge is -2.32. The van der Waals surface area contributed by atoms with Gasteiger partial charge in [0, 0.05) is 16.2 Å². The molecule has 41 heavy (non-hydrogen) atoms. The highest BCUT2D eigenvalue weighted by atomic mass is 31.1. The Balaban J connectivity index is 2.45. The topological polar surface area (TPSA) is 12.4 Å². The molecule has 0 radical (unpaired) electrons. The Morgan fingerprint density at radius 3 is 1.49 bits per heavy atom. The van der Waals surface area contributed by atoms with E-state index < -0.39 is 0 Å². The van der Waals surface area contributed by atoms with Crippen LogP contribution < -0.4 is 5.30 Å². The summed E-state index contributed by atoms with van der Waals surface area (Å²) in [4.78, 5) is 5.58. The fourth-order valence-corrected chi connectivity index (χ4v) is 6.92. The van der Waals surface area contributed by atoms with E-state index in [0.29, 0.717) is 11.8 Å². The minimum Gasteiger partial charge on any atom is -0.247 e. The molecule has 0 N–H and O–H groups in total. The number of aliphatic imine (C=N–C) groups is 1. The normalized spacial score (nSPS) is 13.9. The van der Waals surface area contributed by atoms with Crippen LogP contribution in [0.2, 0.25) is 0 Å². The predicted molar refractivity (Wildman–Crippen MR) is 187 cm³/mol. The highest BCUT2D eigenvalue weighted by molar-refractivity contribution is 7.52. The first kappa shape index (κ1) is 33.0. The maximum absolute atomic E-state index is 5.58. The predicted octanol–water partition coefficient (Wildman–Crippen LogP) is 11.4. The van der Waals surface area contributed by atoms with Crippen molar-refractivity contribution in [3.8, 4) is 0 Å². The van der Waals surface area contributed by atoms with Crippen LogP contribution in [-0.2, 0) is 16.2 Å². The van der Waals surface area contributed by atoms with Gasteiger partial charge in [-0.15, -0.1) is 0 Å². The van der Waals surface area contributed by atoms with Crippen LogP contribution in [0.3, 0.4) is 0 Å². The van der Waals surface area contributed by atoms with Crippen molar-refractivity contribution in [2.75, 3.05) is 0 Å². The molecule has 0 fully saturated rings. The maximum atomic E-state index is 5.58. The zero-order valence-corrected chi connectivity index (χ0v) is 29.2. The lowest BCUT2D eigenvalue weighted by Crippen LogP contribution is -2.30. The molecular weight excluding hydrogens is 513 g/mol. The van der Waals surface area contributed by atoms with Crippen LogP contribution in [0.25, 0.3) is 0 Å². The molecule has 0 amide bonds. The third kappa shape index (κ3) is 7.87. The van der Waals surface area contributed by atoms with Gasteiger partial charge in [0.1, 0.15) is 0 Å². The van der Waals surface area contributed by atoms with Gasteiger partial charge in [0.2, 0.25) is 0 Å². The molecule has 3 aromatic carbocycles. The van der Waals surface area contributed by atoms with Crippen LogP contribution in [0.4, 0.5) is 5.69 Å². The smallest absolute Gasteiger partial charge is 0.0784 e. The molecule has 0 aliphatic heterocycles. The first-order valence-corrected chi connectivity index (χ1v) is 16.2. The lowest BCUT2D eigenvalue weighted by molar-refractivity contribution is 0.554. The largest absolute Gasteiger partial charge is 0.247 e. The van der Waals surface area contributed by atoms with Crippen molar-refractivity contribution in [2.24, 2.45) is 4.99 Å². The first-order valence-electron chi connectivity index (χ1n) is 15.3. The average molecular weight is 568 g/mol. The van der Waals surface area contributed by atoms with Gasteiger partial charge in [-0.05, 0) is 62.8 Å². The monoisotopic (exact) mass is 567 g/mol. The fraction of sp³-hybridized carbons (Fsp3) is 0.487. The molecule has 0 aliphatic rings. The highest BCUT2D eigenvalue weighted by Gasteiger charge is 2.29. The summed E-state index contributed by atoms with van der Waals surface area (Å²) in [7, 11) is 1.22. The molecule has 1 nitrogen and oxygen atoms in total. The highest BCUT2D eigenvalue weighted by Crippen LogP contribution is 2.38. The molecule has 0 aliphatic carbocycles. The number of benzene rings is 3. The third-order valence-corrected chi connectivity index (χ3v) is 9.08. The Kier molecular flexibility index (Phi) is 9.97. The van der Waals surface area contributed by atoms with Gasteiger partial charge in [-0.25, -0.2) is 4.99 Å². The van der Waals surface area contributed by atoms with Crippen LogP contribution in [-0.4, -0.2) is 11.0 Å². The van der Waals surface area contributed by atoms with Gasteiger partial charge in [0.05, 0.1) is 11.4 Å². The minimum atomic E-state index is 0.0168. The van der Waals surface area contributed by atoms with Crippen LogP contribution >= 0.6 is 8.20 Å². The van der Waals surface area contributed by atoms with Crippen molar-refractivity contribution in [2.45, 2.75) is 125 Å². The van der Waals surface area contributed by atoms with Crippen molar-refractivity contribution in [3.05, 3.63) is 94.0 Å². The maximum Gasteiger partial charge on any atom is 0.0784 e. The van der Waals surface area contributed by atoms with Gasteiger partial charge in [-0.3, -0.25) is 0 Å². The number of hydrogen-bond donors (Lipinski definition) is 0. The third-order valence-electron chi connectivity index (χ3n) is 7.83. The summed E-state index contributed by atoms with van der Waals surface area (Å²) in [6, 6.07) is 22.4. The molecule has 3 aromatic rings. The standard InChI is InChI=1S/C39H54NP/c1-25(2)30-21-18-22-31(26(3)4)35(30)40-34(28-19-16-15-17-20-28)27(5)41-36-32(38(9,10)11)23-29(37(6,7)8)24-33(36)39(12,13)14/h15-26H,1-14H3. The Morgan fingerprint density at radius 1 is 0.634 bits per heavy atom. The van der Waals surface area contributed by atoms with E-state index in [1.807, 2.05) is 0 Å². The quantitative estimate of drug-likeness (QED) is 0.207. The summed E-state index contributed by atoms with van der Waals surface area (Å²) < 4.78 is 0. The van der Waals surface area contributed by atoms with Crippen molar-refractivity contribution in [1.29, 1.82) is 0 Å². The number of nitrogens with zero attached hydrogens (tertiary/aromatic N) is 1. The molecule has 0 bridgehead atoms. The molecule has 0 saturated carbocycles. The Labute approximate surface area is 253 Å². The van der Waals surface area contributed by atoms with Gasteiger partial charge in [0.15, 0.2) is 0 Å². The van der Waals surface area contributed by atoms with Gasteiger partial charge in [-0.1, -0.05) is 159 Å². The van der Waals surface area contributed by atoms with E-state index in [4.69, 9.17) is 4.99 Å². The summed E-state index contributed by atoms with van der Waals surface area (Å²) in [6.45, 7) is 32.5. The van der Waals surface area contributed by atoms with Crippen molar-refractivity contribution in [1.82, 2.24) is 0 Å². The summed E-state index contributed by atoms with van der Waals surface area (Å²) >= 11 is 0. The van der Waals surface area contributed by atoms with E-state index in [1.54, 1.807) is 0 Å². The first-order chi connectivity index (χ1) is 18.8. The van der Waals surface area contributed by atoms with Crippen LogP contribution in [0.1, 0.15) is 142 Å². The van der Waals surface area contributed by atoms with E-state index in [0.717, 1.165) is 11.4 Å². The molecule has 0 atom stereocenters. The molecule has 2 heteroatoms.